The molecule has 1 aromatic heterocycles. The highest BCUT2D eigenvalue weighted by molar-refractivity contribution is 6.35. The van der Waals surface area contributed by atoms with Crippen LogP contribution in [0.5, 0.6) is 0 Å². The summed E-state index contributed by atoms with van der Waals surface area (Å²) in [7, 11) is 0. The van der Waals surface area contributed by atoms with Crippen LogP contribution in [0.4, 0.5) is 0 Å². The smallest absolute Gasteiger partial charge is 0.0948 e. The number of imidazole rings is 1. The summed E-state index contributed by atoms with van der Waals surface area (Å²) >= 11 is 12.1. The van der Waals surface area contributed by atoms with Crippen LogP contribution in [0, 0.1) is 0 Å². The molecule has 3 nitrogen and oxygen atoms in total. The summed E-state index contributed by atoms with van der Waals surface area (Å²) in [4.78, 5) is 4.24. The Balaban J connectivity index is 1.99. The molecule has 0 atom stereocenters. The number of nitrogens with zero attached hydrogens (tertiary/aromatic N) is 2. The first-order valence-electron chi connectivity index (χ1n) is 7.03. The van der Waals surface area contributed by atoms with Gasteiger partial charge in [-0.3, -0.25) is 0 Å². The quantitative estimate of drug-likeness (QED) is 0.887. The van der Waals surface area contributed by atoms with Gasteiger partial charge in [0.2, 0.25) is 0 Å². The molecule has 2 rings (SSSR count). The Morgan fingerprint density at radius 2 is 2.00 bits per heavy atom. The molecular formula is C16H21Cl2N3. The van der Waals surface area contributed by atoms with Crippen LogP contribution >= 0.6 is 23.2 Å². The lowest BCUT2D eigenvalue weighted by molar-refractivity contribution is 0.415. The second kappa shape index (κ2) is 6.82. The van der Waals surface area contributed by atoms with Gasteiger partial charge in [0, 0.05) is 34.9 Å². The summed E-state index contributed by atoms with van der Waals surface area (Å²) in [6.45, 7) is 8.12. The molecule has 0 amide bonds. The number of halogens is 2. The van der Waals surface area contributed by atoms with Crippen LogP contribution in [0.2, 0.25) is 10.0 Å². The van der Waals surface area contributed by atoms with E-state index in [1.165, 1.54) is 5.69 Å². The highest BCUT2D eigenvalue weighted by Crippen LogP contribution is 2.21. The van der Waals surface area contributed by atoms with E-state index >= 15 is 0 Å². The summed E-state index contributed by atoms with van der Waals surface area (Å²) in [6.07, 6.45) is 4.63. The fourth-order valence-electron chi connectivity index (χ4n) is 2.02. The number of hydrogen-bond donors (Lipinski definition) is 1. The molecule has 0 bridgehead atoms. The lowest BCUT2D eigenvalue weighted by Gasteiger charge is -2.21. The first-order chi connectivity index (χ1) is 9.85. The number of nitrogens with one attached hydrogen (secondary N) is 1. The molecule has 1 aromatic carbocycles. The van der Waals surface area contributed by atoms with Crippen LogP contribution in [0.15, 0.2) is 30.7 Å². The van der Waals surface area contributed by atoms with Crippen molar-refractivity contribution in [2.75, 3.05) is 0 Å². The zero-order chi connectivity index (χ0) is 15.5. The minimum atomic E-state index is 0.0919. The average Bonchev–Trinajstić information content (AvgIpc) is 2.82. The van der Waals surface area contributed by atoms with Gasteiger partial charge in [0.05, 0.1) is 12.0 Å². The van der Waals surface area contributed by atoms with E-state index in [1.54, 1.807) is 6.07 Å². The van der Waals surface area contributed by atoms with Gasteiger partial charge >= 0.3 is 0 Å². The van der Waals surface area contributed by atoms with Gasteiger partial charge in [-0.15, -0.1) is 0 Å². The Morgan fingerprint density at radius 1 is 1.24 bits per heavy atom. The number of aryl methyl sites for hydroxylation is 2. The Kier molecular flexibility index (Phi) is 5.31. The fraction of sp³-hybridized carbons (Fsp3) is 0.438. The van der Waals surface area contributed by atoms with Gasteiger partial charge in [-0.25, -0.2) is 4.98 Å². The largest absolute Gasteiger partial charge is 0.333 e. The van der Waals surface area contributed by atoms with Crippen LogP contribution in [0.25, 0.3) is 0 Å². The molecule has 0 radical (unpaired) electrons. The Labute approximate surface area is 136 Å². The summed E-state index contributed by atoms with van der Waals surface area (Å²) in [5.74, 6) is 0. The topological polar surface area (TPSA) is 29.9 Å². The summed E-state index contributed by atoms with van der Waals surface area (Å²) in [5.41, 5.74) is 2.37. The van der Waals surface area contributed by atoms with E-state index in [1.807, 2.05) is 24.7 Å². The monoisotopic (exact) mass is 325 g/mol. The van der Waals surface area contributed by atoms with Crippen molar-refractivity contribution >= 4 is 23.2 Å². The molecule has 0 aliphatic carbocycles. The Morgan fingerprint density at radius 3 is 2.67 bits per heavy atom. The first-order valence-corrected chi connectivity index (χ1v) is 7.79. The van der Waals surface area contributed by atoms with Gasteiger partial charge in [0.25, 0.3) is 0 Å². The van der Waals surface area contributed by atoms with Crippen molar-refractivity contribution in [1.29, 1.82) is 0 Å². The van der Waals surface area contributed by atoms with Crippen LogP contribution in [0.1, 0.15) is 32.0 Å². The standard InChI is InChI=1S/C16H21Cl2N3/c1-16(2,3)20-10-14-9-19-11-21(14)7-6-12-4-5-13(17)8-15(12)18/h4-5,8-9,11,20H,6-7,10H2,1-3H3. The highest BCUT2D eigenvalue weighted by atomic mass is 35.5. The van der Waals surface area contributed by atoms with Crippen molar-refractivity contribution in [1.82, 2.24) is 14.9 Å². The Hall–Kier alpha value is -1.03. The number of aromatic nitrogens is 2. The molecule has 0 spiro atoms. The zero-order valence-corrected chi connectivity index (χ0v) is 14.2. The maximum absolute atomic E-state index is 6.21. The maximum Gasteiger partial charge on any atom is 0.0948 e. The molecule has 0 fully saturated rings. The summed E-state index contributed by atoms with van der Waals surface area (Å²) in [5, 5.41) is 4.86. The molecule has 0 unspecified atom stereocenters. The maximum atomic E-state index is 6.21. The summed E-state index contributed by atoms with van der Waals surface area (Å²) in [6, 6.07) is 5.64. The minimum Gasteiger partial charge on any atom is -0.333 e. The molecular weight excluding hydrogens is 305 g/mol. The normalized spacial score (nSPS) is 11.9. The number of hydrogen-bond acceptors (Lipinski definition) is 2. The van der Waals surface area contributed by atoms with E-state index in [0.717, 1.165) is 30.1 Å². The Bertz CT molecular complexity index is 600. The van der Waals surface area contributed by atoms with Crippen molar-refractivity contribution in [2.45, 2.75) is 45.8 Å². The van der Waals surface area contributed by atoms with Crippen LogP contribution < -0.4 is 5.32 Å². The van der Waals surface area contributed by atoms with E-state index in [-0.39, 0.29) is 5.54 Å². The second-order valence-corrected chi connectivity index (χ2v) is 7.01. The van der Waals surface area contributed by atoms with Gasteiger partial charge in [-0.1, -0.05) is 29.3 Å². The van der Waals surface area contributed by atoms with Gasteiger partial charge < -0.3 is 9.88 Å². The molecule has 21 heavy (non-hydrogen) atoms. The molecule has 1 N–H and O–H groups in total. The third-order valence-electron chi connectivity index (χ3n) is 3.24. The van der Waals surface area contributed by atoms with Gasteiger partial charge in [-0.05, 0) is 44.9 Å². The van der Waals surface area contributed by atoms with Crippen molar-refractivity contribution in [3.63, 3.8) is 0 Å². The zero-order valence-electron chi connectivity index (χ0n) is 12.7. The van der Waals surface area contributed by atoms with Gasteiger partial charge in [-0.2, -0.15) is 0 Å². The third kappa shape index (κ3) is 5.03. The van der Waals surface area contributed by atoms with E-state index in [2.05, 4.69) is 35.6 Å². The molecule has 114 valence electrons. The molecule has 5 heteroatoms. The summed E-state index contributed by atoms with van der Waals surface area (Å²) < 4.78 is 2.16. The number of benzene rings is 1. The van der Waals surface area contributed by atoms with E-state index in [4.69, 9.17) is 23.2 Å². The molecule has 0 aliphatic heterocycles. The molecule has 2 aromatic rings. The predicted molar refractivity (Wildman–Crippen MR) is 89.0 cm³/mol. The first kappa shape index (κ1) is 16.3. The predicted octanol–water partition coefficient (Wildman–Crippen LogP) is 4.32. The molecule has 0 saturated heterocycles. The highest BCUT2D eigenvalue weighted by Gasteiger charge is 2.11. The van der Waals surface area contributed by atoms with Crippen LogP contribution in [-0.2, 0) is 19.5 Å². The van der Waals surface area contributed by atoms with Crippen molar-refractivity contribution in [3.8, 4) is 0 Å². The van der Waals surface area contributed by atoms with Crippen molar-refractivity contribution in [3.05, 3.63) is 52.0 Å². The molecule has 1 heterocycles. The van der Waals surface area contributed by atoms with Gasteiger partial charge in [0.1, 0.15) is 0 Å². The van der Waals surface area contributed by atoms with Crippen molar-refractivity contribution in [2.24, 2.45) is 0 Å². The fourth-order valence-corrected chi connectivity index (χ4v) is 2.52. The SMILES string of the molecule is CC(C)(C)NCc1cncn1CCc1ccc(Cl)cc1Cl. The van der Waals surface area contributed by atoms with E-state index in [0.29, 0.717) is 5.02 Å². The van der Waals surface area contributed by atoms with Crippen LogP contribution in [0.3, 0.4) is 0 Å². The van der Waals surface area contributed by atoms with E-state index < -0.39 is 0 Å². The second-order valence-electron chi connectivity index (χ2n) is 6.17. The number of rotatable bonds is 5. The molecule has 0 saturated carbocycles. The van der Waals surface area contributed by atoms with E-state index in [9.17, 15) is 0 Å². The van der Waals surface area contributed by atoms with Crippen LogP contribution in [-0.4, -0.2) is 15.1 Å². The van der Waals surface area contributed by atoms with Gasteiger partial charge in [0.15, 0.2) is 0 Å². The third-order valence-corrected chi connectivity index (χ3v) is 3.82. The lowest BCUT2D eigenvalue weighted by Crippen LogP contribution is -2.35. The lowest BCUT2D eigenvalue weighted by atomic mass is 10.1. The van der Waals surface area contributed by atoms with Crippen molar-refractivity contribution < 1.29 is 0 Å². The average molecular weight is 326 g/mol. The molecule has 0 aliphatic rings. The minimum absolute atomic E-state index is 0.0919.